The zero-order chi connectivity index (χ0) is 13.5. The summed E-state index contributed by atoms with van der Waals surface area (Å²) >= 11 is 0. The molecular formula is C13H20N2O3. The number of hydrogen-bond acceptors (Lipinski definition) is 3. The second-order valence-electron chi connectivity index (χ2n) is 6.05. The minimum absolute atomic E-state index is 0.160. The fraction of sp³-hybridized carbons (Fsp3) is 0.692. The van der Waals surface area contributed by atoms with Gasteiger partial charge in [-0.1, -0.05) is 12.2 Å². The van der Waals surface area contributed by atoms with Crippen molar-refractivity contribution in [3.63, 3.8) is 0 Å². The van der Waals surface area contributed by atoms with Gasteiger partial charge in [-0.05, 0) is 39.0 Å². The predicted molar refractivity (Wildman–Crippen MR) is 66.6 cm³/mol. The lowest BCUT2D eigenvalue weighted by Gasteiger charge is -2.28. The molecule has 100 valence electrons. The molecule has 0 radical (unpaired) electrons. The van der Waals surface area contributed by atoms with E-state index >= 15 is 0 Å². The van der Waals surface area contributed by atoms with Gasteiger partial charge in [0.25, 0.3) is 0 Å². The maximum atomic E-state index is 11.7. The van der Waals surface area contributed by atoms with Crippen LogP contribution in [0.1, 0.15) is 27.2 Å². The average molecular weight is 252 g/mol. The molecule has 18 heavy (non-hydrogen) atoms. The van der Waals surface area contributed by atoms with Gasteiger partial charge in [0.1, 0.15) is 5.60 Å². The zero-order valence-corrected chi connectivity index (χ0v) is 11.0. The molecule has 0 aliphatic heterocycles. The van der Waals surface area contributed by atoms with Crippen LogP contribution in [0.4, 0.5) is 4.79 Å². The van der Waals surface area contributed by atoms with Crippen LogP contribution in [0.25, 0.3) is 0 Å². The van der Waals surface area contributed by atoms with Crippen molar-refractivity contribution in [3.8, 4) is 0 Å². The third kappa shape index (κ3) is 2.49. The van der Waals surface area contributed by atoms with Crippen LogP contribution in [0.3, 0.4) is 0 Å². The highest BCUT2D eigenvalue weighted by Crippen LogP contribution is 2.43. The lowest BCUT2D eigenvalue weighted by atomic mass is 9.88. The number of allylic oxidation sites excluding steroid dienone is 1. The highest BCUT2D eigenvalue weighted by atomic mass is 16.6. The van der Waals surface area contributed by atoms with Crippen LogP contribution in [0.15, 0.2) is 12.2 Å². The molecule has 2 rings (SSSR count). The lowest BCUT2D eigenvalue weighted by molar-refractivity contribution is -0.123. The molecule has 0 spiro atoms. The second kappa shape index (κ2) is 4.30. The summed E-state index contributed by atoms with van der Waals surface area (Å²) in [5, 5.41) is 2.79. The maximum Gasteiger partial charge on any atom is 0.407 e. The van der Waals surface area contributed by atoms with E-state index in [1.54, 1.807) is 20.8 Å². The summed E-state index contributed by atoms with van der Waals surface area (Å²) in [6.45, 7) is 5.41. The van der Waals surface area contributed by atoms with Crippen molar-refractivity contribution in [3.05, 3.63) is 12.2 Å². The molecule has 0 aromatic rings. The Morgan fingerprint density at radius 3 is 2.44 bits per heavy atom. The number of carbonyl (C=O) groups is 2. The molecule has 1 saturated carbocycles. The molecule has 3 N–H and O–H groups in total. The van der Waals surface area contributed by atoms with Crippen molar-refractivity contribution in [2.45, 2.75) is 38.8 Å². The fourth-order valence-electron chi connectivity index (χ4n) is 2.85. The average Bonchev–Trinajstić information content (AvgIpc) is 2.73. The molecule has 5 heteroatoms. The Morgan fingerprint density at radius 2 is 1.89 bits per heavy atom. The summed E-state index contributed by atoms with van der Waals surface area (Å²) < 4.78 is 5.21. The van der Waals surface area contributed by atoms with E-state index in [9.17, 15) is 9.59 Å². The van der Waals surface area contributed by atoms with Gasteiger partial charge in [-0.25, -0.2) is 4.79 Å². The predicted octanol–water partition coefficient (Wildman–Crippen LogP) is 1.19. The number of ether oxygens (including phenoxy) is 1. The molecule has 2 bridgehead atoms. The molecule has 1 fully saturated rings. The van der Waals surface area contributed by atoms with Crippen LogP contribution in [0.5, 0.6) is 0 Å². The maximum absolute atomic E-state index is 11.7. The minimum atomic E-state index is -0.542. The smallest absolute Gasteiger partial charge is 0.407 e. The van der Waals surface area contributed by atoms with E-state index in [0.717, 1.165) is 6.42 Å². The first-order chi connectivity index (χ1) is 8.28. The van der Waals surface area contributed by atoms with Gasteiger partial charge in [0.05, 0.1) is 12.0 Å². The van der Waals surface area contributed by atoms with Crippen LogP contribution in [0, 0.1) is 17.8 Å². The van der Waals surface area contributed by atoms with E-state index in [2.05, 4.69) is 5.32 Å². The van der Waals surface area contributed by atoms with E-state index in [0.29, 0.717) is 0 Å². The van der Waals surface area contributed by atoms with E-state index in [1.807, 2.05) is 12.2 Å². The monoisotopic (exact) mass is 252 g/mol. The van der Waals surface area contributed by atoms with Crippen molar-refractivity contribution < 1.29 is 14.3 Å². The fourth-order valence-corrected chi connectivity index (χ4v) is 2.85. The van der Waals surface area contributed by atoms with Crippen LogP contribution in [-0.2, 0) is 9.53 Å². The van der Waals surface area contributed by atoms with Gasteiger partial charge in [-0.2, -0.15) is 0 Å². The number of alkyl carbamates (subject to hydrolysis) is 1. The first kappa shape index (κ1) is 12.9. The Bertz CT molecular complexity index is 398. The zero-order valence-electron chi connectivity index (χ0n) is 11.0. The number of hydrogen-bond donors (Lipinski definition) is 2. The number of carbonyl (C=O) groups excluding carboxylic acids is 2. The third-order valence-corrected chi connectivity index (χ3v) is 3.47. The Labute approximate surface area is 107 Å². The van der Waals surface area contributed by atoms with E-state index in [1.165, 1.54) is 0 Å². The number of nitrogens with one attached hydrogen (secondary N) is 1. The van der Waals surface area contributed by atoms with Gasteiger partial charge in [0.2, 0.25) is 5.91 Å². The molecule has 0 heterocycles. The molecule has 2 aliphatic carbocycles. The van der Waals surface area contributed by atoms with Crippen LogP contribution in [-0.4, -0.2) is 23.6 Å². The normalized spacial score (nSPS) is 33.5. The van der Waals surface area contributed by atoms with Crippen LogP contribution in [0.2, 0.25) is 0 Å². The number of primary amides is 1. The summed E-state index contributed by atoms with van der Waals surface area (Å²) in [5.74, 6) is -0.312. The highest BCUT2D eigenvalue weighted by molar-refractivity contribution is 5.80. The number of rotatable bonds is 2. The second-order valence-corrected chi connectivity index (χ2v) is 6.05. The molecule has 0 aromatic heterocycles. The van der Waals surface area contributed by atoms with Gasteiger partial charge < -0.3 is 15.8 Å². The van der Waals surface area contributed by atoms with Crippen molar-refractivity contribution >= 4 is 12.0 Å². The highest BCUT2D eigenvalue weighted by Gasteiger charge is 2.48. The molecule has 2 aliphatic rings. The van der Waals surface area contributed by atoms with E-state index < -0.39 is 11.7 Å². The van der Waals surface area contributed by atoms with Crippen molar-refractivity contribution in [1.82, 2.24) is 5.32 Å². The molecule has 0 unspecified atom stereocenters. The summed E-state index contributed by atoms with van der Waals surface area (Å²) in [6, 6.07) is -0.229. The SMILES string of the molecule is CC(C)(C)OC(=O)N[C@@H]1[C@H](C(N)=O)[C@H]2C=C[C@@H]1C2. The molecule has 0 aromatic carbocycles. The Hall–Kier alpha value is -1.52. The summed E-state index contributed by atoms with van der Waals surface area (Å²) in [5.41, 5.74) is 4.87. The molecule has 5 nitrogen and oxygen atoms in total. The van der Waals surface area contributed by atoms with Gasteiger partial charge in [-0.15, -0.1) is 0 Å². The number of nitrogens with two attached hydrogens (primary N) is 1. The summed E-state index contributed by atoms with van der Waals surface area (Å²) in [7, 11) is 0. The summed E-state index contributed by atoms with van der Waals surface area (Å²) in [4.78, 5) is 23.2. The quantitative estimate of drug-likeness (QED) is 0.724. The lowest BCUT2D eigenvalue weighted by Crippen LogP contribution is -2.48. The summed E-state index contributed by atoms with van der Waals surface area (Å²) in [6.07, 6.45) is 4.47. The third-order valence-electron chi connectivity index (χ3n) is 3.47. The molecule has 0 saturated heterocycles. The molecular weight excluding hydrogens is 232 g/mol. The van der Waals surface area contributed by atoms with Gasteiger partial charge in [0, 0.05) is 0 Å². The molecule has 4 atom stereocenters. The van der Waals surface area contributed by atoms with Gasteiger partial charge in [-0.3, -0.25) is 4.79 Å². The van der Waals surface area contributed by atoms with E-state index in [-0.39, 0.29) is 29.7 Å². The Balaban J connectivity index is 2.02. The number of fused-ring (bicyclic) bond motifs is 2. The van der Waals surface area contributed by atoms with Crippen molar-refractivity contribution in [2.24, 2.45) is 23.5 Å². The van der Waals surface area contributed by atoms with Crippen LogP contribution >= 0.6 is 0 Å². The largest absolute Gasteiger partial charge is 0.444 e. The van der Waals surface area contributed by atoms with Crippen molar-refractivity contribution in [2.75, 3.05) is 0 Å². The first-order valence-electron chi connectivity index (χ1n) is 6.25. The van der Waals surface area contributed by atoms with Crippen molar-refractivity contribution in [1.29, 1.82) is 0 Å². The number of amides is 2. The molecule has 2 amide bonds. The Kier molecular flexibility index (Phi) is 3.09. The van der Waals surface area contributed by atoms with Crippen LogP contribution < -0.4 is 11.1 Å². The van der Waals surface area contributed by atoms with Gasteiger partial charge in [0.15, 0.2) is 0 Å². The van der Waals surface area contributed by atoms with Gasteiger partial charge >= 0.3 is 6.09 Å². The standard InChI is InChI=1S/C13H20N2O3/c1-13(2,3)18-12(17)15-10-8-5-4-7(6-8)9(10)11(14)16/h4-5,7-10H,6H2,1-3H3,(H2,14,16)(H,15,17)/t7-,8+,9+,10-/m0/s1. The topological polar surface area (TPSA) is 81.4 Å². The van der Waals surface area contributed by atoms with E-state index in [4.69, 9.17) is 10.5 Å². The minimum Gasteiger partial charge on any atom is -0.444 e. The Morgan fingerprint density at radius 1 is 1.28 bits per heavy atom. The first-order valence-corrected chi connectivity index (χ1v) is 6.25.